The Morgan fingerprint density at radius 3 is 2.65 bits per heavy atom. The maximum absolute atomic E-state index is 12.5. The van der Waals surface area contributed by atoms with Gasteiger partial charge in [0.15, 0.2) is 5.13 Å². The number of nitrogens with zero attached hydrogens (tertiary/aromatic N) is 1. The summed E-state index contributed by atoms with van der Waals surface area (Å²) in [5.74, 6) is -0.656. The lowest BCUT2D eigenvalue weighted by Crippen LogP contribution is -2.14. The second-order valence-electron chi connectivity index (χ2n) is 4.77. The van der Waals surface area contributed by atoms with Crippen LogP contribution in [0.1, 0.15) is 15.4 Å². The second kappa shape index (κ2) is 6.72. The van der Waals surface area contributed by atoms with Crippen molar-refractivity contribution in [1.82, 2.24) is 4.98 Å². The summed E-state index contributed by atoms with van der Waals surface area (Å²) < 4.78 is 0. The lowest BCUT2D eigenvalue weighted by Gasteiger charge is -2.04. The number of benzene rings is 1. The number of hydrogen-bond acceptors (Lipinski definition) is 5. The number of primary amides is 1. The van der Waals surface area contributed by atoms with Crippen molar-refractivity contribution >= 4 is 39.6 Å². The molecule has 0 aliphatic heterocycles. The third kappa shape index (κ3) is 3.64. The molecule has 1 aromatic carbocycles. The highest BCUT2D eigenvalue weighted by Crippen LogP contribution is 2.29. The standard InChI is InChI=1S/C16H13N3O2S2/c17-13(20)8-11-9-23-16(18-11)19-15(21)14-12(6-7-22-14)10-4-2-1-3-5-10/h1-7,9H,8H2,(H2,17,20)(H,18,19,21). The van der Waals surface area contributed by atoms with Crippen molar-refractivity contribution in [1.29, 1.82) is 0 Å². The minimum absolute atomic E-state index is 0.0701. The summed E-state index contributed by atoms with van der Waals surface area (Å²) in [6.07, 6.45) is 0.0701. The number of anilines is 1. The molecule has 0 atom stereocenters. The van der Waals surface area contributed by atoms with E-state index >= 15 is 0 Å². The van der Waals surface area contributed by atoms with Crippen molar-refractivity contribution in [3.63, 3.8) is 0 Å². The number of amides is 2. The highest BCUT2D eigenvalue weighted by Gasteiger charge is 2.16. The van der Waals surface area contributed by atoms with Gasteiger partial charge in [-0.2, -0.15) is 0 Å². The summed E-state index contributed by atoms with van der Waals surface area (Å²) >= 11 is 2.65. The minimum atomic E-state index is -0.446. The molecule has 3 N–H and O–H groups in total. The zero-order chi connectivity index (χ0) is 16.2. The molecule has 5 nitrogen and oxygen atoms in total. The van der Waals surface area contributed by atoms with Crippen molar-refractivity contribution in [2.45, 2.75) is 6.42 Å². The van der Waals surface area contributed by atoms with Gasteiger partial charge >= 0.3 is 0 Å². The van der Waals surface area contributed by atoms with E-state index in [2.05, 4.69) is 10.3 Å². The molecule has 2 aromatic heterocycles. The third-order valence-electron chi connectivity index (χ3n) is 3.08. The average Bonchev–Trinajstić information content (AvgIpc) is 3.17. The van der Waals surface area contributed by atoms with Gasteiger partial charge in [-0.1, -0.05) is 30.3 Å². The lowest BCUT2D eigenvalue weighted by molar-refractivity contribution is -0.117. The smallest absolute Gasteiger partial charge is 0.268 e. The van der Waals surface area contributed by atoms with Crippen molar-refractivity contribution in [3.8, 4) is 11.1 Å². The summed E-state index contributed by atoms with van der Waals surface area (Å²) in [7, 11) is 0. The van der Waals surface area contributed by atoms with E-state index in [1.807, 2.05) is 41.8 Å². The van der Waals surface area contributed by atoms with Crippen molar-refractivity contribution in [2.24, 2.45) is 5.73 Å². The fourth-order valence-corrected chi connectivity index (χ4v) is 3.62. The topological polar surface area (TPSA) is 85.1 Å². The van der Waals surface area contributed by atoms with Gasteiger partial charge in [-0.25, -0.2) is 4.98 Å². The minimum Gasteiger partial charge on any atom is -0.369 e. The SMILES string of the molecule is NC(=O)Cc1csc(NC(=O)c2sccc2-c2ccccc2)n1. The largest absolute Gasteiger partial charge is 0.369 e. The van der Waals surface area contributed by atoms with Crippen LogP contribution in [0, 0.1) is 0 Å². The van der Waals surface area contributed by atoms with E-state index in [9.17, 15) is 9.59 Å². The molecule has 0 saturated heterocycles. The van der Waals surface area contributed by atoms with Crippen LogP contribution in [0.2, 0.25) is 0 Å². The van der Waals surface area contributed by atoms with Crippen LogP contribution in [0.4, 0.5) is 5.13 Å². The lowest BCUT2D eigenvalue weighted by atomic mass is 10.1. The Labute approximate surface area is 140 Å². The Morgan fingerprint density at radius 2 is 1.91 bits per heavy atom. The van der Waals surface area contributed by atoms with Gasteiger partial charge < -0.3 is 5.73 Å². The number of thiophene rings is 1. The Morgan fingerprint density at radius 1 is 1.13 bits per heavy atom. The Balaban J connectivity index is 1.78. The van der Waals surface area contributed by atoms with Crippen LogP contribution >= 0.6 is 22.7 Å². The van der Waals surface area contributed by atoms with E-state index in [0.29, 0.717) is 15.7 Å². The number of thiazole rings is 1. The van der Waals surface area contributed by atoms with E-state index in [4.69, 9.17) is 5.73 Å². The Hall–Kier alpha value is -2.51. The number of carbonyl (C=O) groups excluding carboxylic acids is 2. The molecule has 3 rings (SSSR count). The number of nitrogens with two attached hydrogens (primary N) is 1. The molecule has 2 heterocycles. The van der Waals surface area contributed by atoms with E-state index in [-0.39, 0.29) is 12.3 Å². The number of rotatable bonds is 5. The van der Waals surface area contributed by atoms with Crippen molar-refractivity contribution in [2.75, 3.05) is 5.32 Å². The first-order chi connectivity index (χ1) is 11.1. The fourth-order valence-electron chi connectivity index (χ4n) is 2.11. The second-order valence-corrected chi connectivity index (χ2v) is 6.54. The molecule has 116 valence electrons. The molecular formula is C16H13N3O2S2. The molecule has 0 aliphatic rings. The van der Waals surface area contributed by atoms with Crippen LogP contribution < -0.4 is 11.1 Å². The van der Waals surface area contributed by atoms with Crippen molar-refractivity contribution < 1.29 is 9.59 Å². The normalized spacial score (nSPS) is 10.4. The molecule has 0 aliphatic carbocycles. The summed E-state index contributed by atoms with van der Waals surface area (Å²) in [6.45, 7) is 0. The zero-order valence-corrected chi connectivity index (χ0v) is 13.6. The molecule has 0 saturated carbocycles. The van der Waals surface area contributed by atoms with Crippen LogP contribution in [0.3, 0.4) is 0 Å². The molecular weight excluding hydrogens is 330 g/mol. The molecule has 0 fully saturated rings. The van der Waals surface area contributed by atoms with Gasteiger partial charge in [0.25, 0.3) is 5.91 Å². The van der Waals surface area contributed by atoms with Gasteiger partial charge in [0.05, 0.1) is 12.1 Å². The van der Waals surface area contributed by atoms with Gasteiger partial charge in [-0.15, -0.1) is 22.7 Å². The molecule has 0 unspecified atom stereocenters. The summed E-state index contributed by atoms with van der Waals surface area (Å²) in [6, 6.07) is 11.7. The molecule has 7 heteroatoms. The van der Waals surface area contributed by atoms with Crippen LogP contribution in [0.25, 0.3) is 11.1 Å². The first kappa shape index (κ1) is 15.4. The maximum Gasteiger partial charge on any atom is 0.268 e. The fraction of sp³-hybridized carbons (Fsp3) is 0.0625. The van der Waals surface area contributed by atoms with Crippen LogP contribution in [0.5, 0.6) is 0 Å². The number of aromatic nitrogens is 1. The maximum atomic E-state index is 12.5. The van der Waals surface area contributed by atoms with E-state index in [0.717, 1.165) is 11.1 Å². The molecule has 0 spiro atoms. The van der Waals surface area contributed by atoms with E-state index < -0.39 is 5.91 Å². The average molecular weight is 343 g/mol. The first-order valence-corrected chi connectivity index (χ1v) is 8.56. The first-order valence-electron chi connectivity index (χ1n) is 6.80. The third-order valence-corrected chi connectivity index (χ3v) is 4.80. The predicted octanol–water partition coefficient (Wildman–Crippen LogP) is 3.15. The zero-order valence-electron chi connectivity index (χ0n) is 12.0. The summed E-state index contributed by atoms with van der Waals surface area (Å²) in [5, 5.41) is 6.83. The van der Waals surface area contributed by atoms with Gasteiger partial charge in [0.2, 0.25) is 5.91 Å². The summed E-state index contributed by atoms with van der Waals surface area (Å²) in [5.41, 5.74) is 7.58. The number of hydrogen-bond donors (Lipinski definition) is 2. The monoisotopic (exact) mass is 343 g/mol. The van der Waals surface area contributed by atoms with Gasteiger partial charge in [-0.05, 0) is 17.0 Å². The Bertz CT molecular complexity index is 840. The molecule has 3 aromatic rings. The van der Waals surface area contributed by atoms with Crippen LogP contribution in [-0.4, -0.2) is 16.8 Å². The molecule has 0 bridgehead atoms. The number of carbonyl (C=O) groups is 2. The quantitative estimate of drug-likeness (QED) is 0.746. The van der Waals surface area contributed by atoms with E-state index in [1.165, 1.54) is 22.7 Å². The number of nitrogens with one attached hydrogen (secondary N) is 1. The van der Waals surface area contributed by atoms with Crippen LogP contribution in [0.15, 0.2) is 47.2 Å². The van der Waals surface area contributed by atoms with E-state index in [1.54, 1.807) is 5.38 Å². The Kier molecular flexibility index (Phi) is 4.50. The van der Waals surface area contributed by atoms with Crippen LogP contribution in [-0.2, 0) is 11.2 Å². The molecule has 23 heavy (non-hydrogen) atoms. The van der Waals surface area contributed by atoms with Gasteiger partial charge in [0, 0.05) is 10.9 Å². The predicted molar refractivity (Wildman–Crippen MR) is 92.7 cm³/mol. The van der Waals surface area contributed by atoms with Gasteiger partial charge in [-0.3, -0.25) is 14.9 Å². The van der Waals surface area contributed by atoms with Crippen molar-refractivity contribution in [3.05, 3.63) is 57.7 Å². The summed E-state index contributed by atoms with van der Waals surface area (Å²) in [4.78, 5) is 28.2. The highest BCUT2D eigenvalue weighted by molar-refractivity contribution is 7.14. The molecule has 0 radical (unpaired) electrons. The highest BCUT2D eigenvalue weighted by atomic mass is 32.1. The van der Waals surface area contributed by atoms with Gasteiger partial charge in [0.1, 0.15) is 4.88 Å². The molecule has 2 amide bonds.